The molecule has 1 fully saturated rings. The van der Waals surface area contributed by atoms with E-state index in [0.29, 0.717) is 17.1 Å². The second kappa shape index (κ2) is 6.39. The summed E-state index contributed by atoms with van der Waals surface area (Å²) in [6, 6.07) is 5.95. The van der Waals surface area contributed by atoms with Gasteiger partial charge in [0.15, 0.2) is 5.65 Å². The van der Waals surface area contributed by atoms with Crippen molar-refractivity contribution in [3.05, 3.63) is 60.3 Å². The zero-order valence-electron chi connectivity index (χ0n) is 13.4. The molecule has 3 aromatic rings. The molecule has 0 saturated carbocycles. The van der Waals surface area contributed by atoms with Crippen LogP contribution in [0, 0.1) is 5.92 Å². The summed E-state index contributed by atoms with van der Waals surface area (Å²) in [5.41, 5.74) is 2.53. The van der Waals surface area contributed by atoms with Gasteiger partial charge in [0.05, 0.1) is 6.20 Å². The summed E-state index contributed by atoms with van der Waals surface area (Å²) in [5, 5.41) is 4.21. The fourth-order valence-corrected chi connectivity index (χ4v) is 3.34. The van der Waals surface area contributed by atoms with Crippen LogP contribution >= 0.6 is 0 Å². The average molecular weight is 321 g/mol. The van der Waals surface area contributed by atoms with E-state index in [2.05, 4.69) is 27.2 Å². The van der Waals surface area contributed by atoms with E-state index >= 15 is 0 Å². The van der Waals surface area contributed by atoms with Crippen molar-refractivity contribution in [3.8, 4) is 0 Å². The average Bonchev–Trinajstić information content (AvgIpc) is 3.07. The number of carbonyl (C=O) groups excluding carboxylic acids is 1. The van der Waals surface area contributed by atoms with Crippen LogP contribution < -0.4 is 0 Å². The number of piperidine rings is 1. The van der Waals surface area contributed by atoms with Crippen molar-refractivity contribution in [2.45, 2.75) is 19.3 Å². The molecule has 4 rings (SSSR count). The van der Waals surface area contributed by atoms with Crippen molar-refractivity contribution in [2.75, 3.05) is 13.1 Å². The van der Waals surface area contributed by atoms with Crippen molar-refractivity contribution in [1.82, 2.24) is 24.5 Å². The molecule has 0 spiro atoms. The molecule has 6 heteroatoms. The zero-order chi connectivity index (χ0) is 16.4. The Morgan fingerprint density at radius 3 is 2.75 bits per heavy atom. The van der Waals surface area contributed by atoms with E-state index in [1.165, 1.54) is 5.56 Å². The Morgan fingerprint density at radius 2 is 1.96 bits per heavy atom. The first-order valence-corrected chi connectivity index (χ1v) is 8.28. The number of hydrogen-bond donors (Lipinski definition) is 0. The highest BCUT2D eigenvalue weighted by Crippen LogP contribution is 2.23. The molecule has 122 valence electrons. The number of fused-ring (bicyclic) bond motifs is 1. The van der Waals surface area contributed by atoms with Gasteiger partial charge in [-0.2, -0.15) is 5.10 Å². The molecule has 1 aliphatic heterocycles. The predicted octanol–water partition coefficient (Wildman–Crippen LogP) is 2.22. The Morgan fingerprint density at radius 1 is 1.17 bits per heavy atom. The van der Waals surface area contributed by atoms with Crippen molar-refractivity contribution in [3.63, 3.8) is 0 Å². The molecule has 0 aliphatic carbocycles. The van der Waals surface area contributed by atoms with Gasteiger partial charge in [-0.1, -0.05) is 0 Å². The summed E-state index contributed by atoms with van der Waals surface area (Å²) in [6.45, 7) is 1.58. The minimum atomic E-state index is 0.0334. The lowest BCUT2D eigenvalue weighted by Gasteiger charge is -2.31. The summed E-state index contributed by atoms with van der Waals surface area (Å²) in [7, 11) is 0. The lowest BCUT2D eigenvalue weighted by Crippen LogP contribution is -2.38. The van der Waals surface area contributed by atoms with Gasteiger partial charge in [-0.05, 0) is 48.9 Å². The quantitative estimate of drug-likeness (QED) is 0.742. The first kappa shape index (κ1) is 14.8. The van der Waals surface area contributed by atoms with Crippen molar-refractivity contribution in [1.29, 1.82) is 0 Å². The highest BCUT2D eigenvalue weighted by Gasteiger charge is 2.26. The number of nitrogens with zero attached hydrogens (tertiary/aromatic N) is 5. The van der Waals surface area contributed by atoms with E-state index in [0.717, 1.165) is 32.4 Å². The molecule has 6 nitrogen and oxygen atoms in total. The Kier molecular flexibility index (Phi) is 3.94. The SMILES string of the molecule is O=C(c1cnn2cccnc12)N1CCC(Cc2ccncc2)CC1. The van der Waals surface area contributed by atoms with Crippen LogP contribution in [0.4, 0.5) is 0 Å². The number of carbonyl (C=O) groups is 1. The number of likely N-dealkylation sites (tertiary alicyclic amines) is 1. The third-order valence-electron chi connectivity index (χ3n) is 4.69. The van der Waals surface area contributed by atoms with Crippen LogP contribution in [-0.4, -0.2) is 43.5 Å². The molecule has 0 N–H and O–H groups in total. The maximum Gasteiger partial charge on any atom is 0.259 e. The first-order valence-electron chi connectivity index (χ1n) is 8.28. The van der Waals surface area contributed by atoms with E-state index in [1.54, 1.807) is 29.2 Å². The number of hydrogen-bond acceptors (Lipinski definition) is 4. The van der Waals surface area contributed by atoms with Crippen LogP contribution in [0.1, 0.15) is 28.8 Å². The fraction of sp³-hybridized carbons (Fsp3) is 0.333. The number of amides is 1. The monoisotopic (exact) mass is 321 g/mol. The third-order valence-corrected chi connectivity index (χ3v) is 4.69. The molecule has 1 amide bonds. The van der Waals surface area contributed by atoms with Crippen molar-refractivity contribution in [2.24, 2.45) is 5.92 Å². The highest BCUT2D eigenvalue weighted by molar-refractivity contribution is 5.99. The molecular formula is C18H19N5O. The van der Waals surface area contributed by atoms with Crippen LogP contribution in [-0.2, 0) is 6.42 Å². The number of rotatable bonds is 3. The smallest absolute Gasteiger partial charge is 0.259 e. The molecule has 1 aliphatic rings. The van der Waals surface area contributed by atoms with Gasteiger partial charge in [0, 0.05) is 37.9 Å². The number of pyridine rings is 1. The van der Waals surface area contributed by atoms with Gasteiger partial charge in [-0.25, -0.2) is 9.50 Å². The zero-order valence-corrected chi connectivity index (χ0v) is 13.4. The lowest BCUT2D eigenvalue weighted by molar-refractivity contribution is 0.0692. The van der Waals surface area contributed by atoms with E-state index in [-0.39, 0.29) is 5.91 Å². The Hall–Kier alpha value is -2.76. The topological polar surface area (TPSA) is 63.4 Å². The summed E-state index contributed by atoms with van der Waals surface area (Å²) in [6.07, 6.45) is 11.9. The molecule has 24 heavy (non-hydrogen) atoms. The molecule has 3 aromatic heterocycles. The standard InChI is InChI=1S/C18H19N5O/c24-18(16-13-21-23-9-1-6-20-17(16)23)22-10-4-15(5-11-22)12-14-2-7-19-8-3-14/h1-3,6-9,13,15H,4-5,10-12H2. The molecular weight excluding hydrogens is 302 g/mol. The summed E-state index contributed by atoms with van der Waals surface area (Å²) in [4.78, 5) is 23.0. The predicted molar refractivity (Wildman–Crippen MR) is 89.6 cm³/mol. The maximum absolute atomic E-state index is 12.8. The Bertz CT molecular complexity index is 837. The first-order chi connectivity index (χ1) is 11.8. The van der Waals surface area contributed by atoms with E-state index in [9.17, 15) is 4.79 Å². The van der Waals surface area contributed by atoms with Crippen molar-refractivity contribution < 1.29 is 4.79 Å². The summed E-state index contributed by atoms with van der Waals surface area (Å²) < 4.78 is 1.64. The highest BCUT2D eigenvalue weighted by atomic mass is 16.2. The van der Waals surface area contributed by atoms with Crippen LogP contribution in [0.3, 0.4) is 0 Å². The van der Waals surface area contributed by atoms with Gasteiger partial charge in [0.25, 0.3) is 5.91 Å². The second-order valence-corrected chi connectivity index (χ2v) is 6.24. The second-order valence-electron chi connectivity index (χ2n) is 6.24. The molecule has 0 radical (unpaired) electrons. The van der Waals surface area contributed by atoms with E-state index in [4.69, 9.17) is 0 Å². The van der Waals surface area contributed by atoms with E-state index < -0.39 is 0 Å². The molecule has 0 bridgehead atoms. The summed E-state index contributed by atoms with van der Waals surface area (Å²) >= 11 is 0. The van der Waals surface area contributed by atoms with Crippen LogP contribution in [0.25, 0.3) is 5.65 Å². The van der Waals surface area contributed by atoms with Gasteiger partial charge < -0.3 is 4.90 Å². The molecule has 0 atom stereocenters. The van der Waals surface area contributed by atoms with Gasteiger partial charge in [0.2, 0.25) is 0 Å². The fourth-order valence-electron chi connectivity index (χ4n) is 3.34. The minimum absolute atomic E-state index is 0.0334. The Balaban J connectivity index is 1.41. The van der Waals surface area contributed by atoms with E-state index in [1.807, 2.05) is 17.3 Å². The lowest BCUT2D eigenvalue weighted by atomic mass is 9.90. The molecule has 4 heterocycles. The van der Waals surface area contributed by atoms with Gasteiger partial charge in [-0.15, -0.1) is 0 Å². The molecule has 1 saturated heterocycles. The maximum atomic E-state index is 12.8. The normalized spacial score (nSPS) is 15.8. The van der Waals surface area contributed by atoms with Crippen molar-refractivity contribution >= 4 is 11.6 Å². The Labute approximate surface area is 140 Å². The minimum Gasteiger partial charge on any atom is -0.338 e. The summed E-state index contributed by atoms with van der Waals surface area (Å²) in [5.74, 6) is 0.657. The van der Waals surface area contributed by atoms with Crippen LogP contribution in [0.15, 0.2) is 49.2 Å². The largest absolute Gasteiger partial charge is 0.338 e. The van der Waals surface area contributed by atoms with Gasteiger partial charge in [-0.3, -0.25) is 9.78 Å². The van der Waals surface area contributed by atoms with Crippen LogP contribution in [0.5, 0.6) is 0 Å². The number of aromatic nitrogens is 4. The van der Waals surface area contributed by atoms with Gasteiger partial charge >= 0.3 is 0 Å². The third kappa shape index (κ3) is 2.87. The molecule has 0 aromatic carbocycles. The molecule has 0 unspecified atom stereocenters. The van der Waals surface area contributed by atoms with Crippen LogP contribution in [0.2, 0.25) is 0 Å². The van der Waals surface area contributed by atoms with Gasteiger partial charge in [0.1, 0.15) is 5.56 Å².